The molecule has 0 spiro atoms. The predicted octanol–water partition coefficient (Wildman–Crippen LogP) is 6.59. The van der Waals surface area contributed by atoms with Crippen LogP contribution in [0.1, 0.15) is 68.3 Å². The first-order chi connectivity index (χ1) is 17.1. The fourth-order valence-corrected chi connectivity index (χ4v) is 4.86. The first kappa shape index (κ1) is 28.0. The summed E-state index contributed by atoms with van der Waals surface area (Å²) in [7, 11) is 0. The van der Waals surface area contributed by atoms with E-state index in [4.69, 9.17) is 23.2 Å². The number of amides is 2. The Bertz CT molecular complexity index is 1230. The van der Waals surface area contributed by atoms with Gasteiger partial charge in [0.15, 0.2) is 11.0 Å². The molecule has 36 heavy (non-hydrogen) atoms. The number of anilines is 1. The van der Waals surface area contributed by atoms with Gasteiger partial charge in [-0.3, -0.25) is 9.59 Å². The van der Waals surface area contributed by atoms with Gasteiger partial charge < -0.3 is 15.2 Å². The first-order valence-electron chi connectivity index (χ1n) is 11.8. The smallest absolute Gasteiger partial charge is 0.251 e. The second kappa shape index (κ2) is 12.6. The van der Waals surface area contributed by atoms with Crippen molar-refractivity contribution in [3.63, 3.8) is 0 Å². The summed E-state index contributed by atoms with van der Waals surface area (Å²) in [5, 5.41) is 16.1. The Kier molecular flexibility index (Phi) is 9.82. The van der Waals surface area contributed by atoms with Crippen LogP contribution in [0.25, 0.3) is 0 Å². The van der Waals surface area contributed by atoms with Crippen molar-refractivity contribution in [3.8, 4) is 0 Å². The third kappa shape index (κ3) is 6.81. The van der Waals surface area contributed by atoms with Crippen LogP contribution < -0.4 is 10.6 Å². The summed E-state index contributed by atoms with van der Waals surface area (Å²) < 4.78 is 1.93. The molecule has 0 fully saturated rings. The van der Waals surface area contributed by atoms with Crippen molar-refractivity contribution in [2.75, 3.05) is 11.1 Å². The van der Waals surface area contributed by atoms with Crippen LogP contribution in [-0.4, -0.2) is 32.3 Å². The van der Waals surface area contributed by atoms with Crippen LogP contribution in [-0.2, 0) is 11.3 Å². The quantitative estimate of drug-likeness (QED) is 0.279. The Morgan fingerprint density at radius 3 is 2.39 bits per heavy atom. The number of para-hydroxylation sites is 1. The number of aromatic nitrogens is 3. The van der Waals surface area contributed by atoms with Crippen molar-refractivity contribution in [3.05, 3.63) is 69.5 Å². The maximum atomic E-state index is 12.9. The molecule has 0 aliphatic rings. The highest BCUT2D eigenvalue weighted by molar-refractivity contribution is 7.99. The zero-order chi connectivity index (χ0) is 26.4. The van der Waals surface area contributed by atoms with E-state index in [1.165, 1.54) is 11.8 Å². The number of hydrogen-bond acceptors (Lipinski definition) is 5. The zero-order valence-electron chi connectivity index (χ0n) is 21.0. The average molecular weight is 549 g/mol. The summed E-state index contributed by atoms with van der Waals surface area (Å²) in [6, 6.07) is 12.2. The second-order valence-corrected chi connectivity index (χ2v) is 10.7. The summed E-state index contributed by atoms with van der Waals surface area (Å²) in [6.07, 6.45) is 0. The number of thioether (sulfide) groups is 1. The minimum absolute atomic E-state index is 0.0416. The Balaban J connectivity index is 1.73. The third-order valence-electron chi connectivity index (χ3n) is 5.66. The van der Waals surface area contributed by atoms with Crippen LogP contribution in [0.2, 0.25) is 10.0 Å². The average Bonchev–Trinajstić information content (AvgIpc) is 3.25. The van der Waals surface area contributed by atoms with Crippen molar-refractivity contribution in [2.45, 2.75) is 58.3 Å². The molecule has 0 aliphatic heterocycles. The van der Waals surface area contributed by atoms with E-state index < -0.39 is 0 Å². The van der Waals surface area contributed by atoms with Gasteiger partial charge in [0.1, 0.15) is 0 Å². The normalized spacial score (nSPS) is 12.1. The van der Waals surface area contributed by atoms with Gasteiger partial charge in [0, 0.05) is 17.8 Å². The number of rotatable bonds is 10. The molecule has 0 bridgehead atoms. The van der Waals surface area contributed by atoms with Crippen molar-refractivity contribution in [1.82, 2.24) is 20.1 Å². The minimum atomic E-state index is -0.388. The molecule has 0 radical (unpaired) electrons. The summed E-state index contributed by atoms with van der Waals surface area (Å²) in [4.78, 5) is 25.6. The van der Waals surface area contributed by atoms with E-state index in [0.29, 0.717) is 39.1 Å². The molecule has 1 heterocycles. The van der Waals surface area contributed by atoms with Crippen LogP contribution in [0.5, 0.6) is 0 Å². The molecule has 2 amide bonds. The summed E-state index contributed by atoms with van der Waals surface area (Å²) in [5.41, 5.74) is 2.32. The number of nitrogens with zero attached hydrogens (tertiary/aromatic N) is 3. The number of carbonyl (C=O) groups is 2. The summed E-state index contributed by atoms with van der Waals surface area (Å²) in [5.74, 6) is 0.761. The van der Waals surface area contributed by atoms with Crippen LogP contribution in [0.15, 0.2) is 47.6 Å². The maximum absolute atomic E-state index is 12.9. The van der Waals surface area contributed by atoms with Gasteiger partial charge in [-0.2, -0.15) is 0 Å². The Morgan fingerprint density at radius 2 is 1.75 bits per heavy atom. The van der Waals surface area contributed by atoms with Gasteiger partial charge in [0.25, 0.3) is 5.91 Å². The lowest BCUT2D eigenvalue weighted by atomic mass is 10.0. The molecule has 10 heteroatoms. The third-order valence-corrected chi connectivity index (χ3v) is 7.37. The van der Waals surface area contributed by atoms with Crippen LogP contribution in [0.4, 0.5) is 5.69 Å². The van der Waals surface area contributed by atoms with E-state index in [0.717, 1.165) is 11.3 Å². The van der Waals surface area contributed by atoms with E-state index in [-0.39, 0.29) is 29.5 Å². The number of carbonyl (C=O) groups excluding carboxylic acids is 2. The molecule has 0 saturated heterocycles. The Morgan fingerprint density at radius 1 is 1.03 bits per heavy atom. The molecule has 7 nitrogen and oxygen atoms in total. The molecule has 1 atom stereocenters. The van der Waals surface area contributed by atoms with Crippen LogP contribution in [0, 0.1) is 5.92 Å². The molecule has 192 valence electrons. The fraction of sp³-hybridized carbons (Fsp3) is 0.385. The Labute approximate surface area is 226 Å². The van der Waals surface area contributed by atoms with Gasteiger partial charge in [0.05, 0.1) is 21.8 Å². The van der Waals surface area contributed by atoms with E-state index in [1.807, 2.05) is 49.6 Å². The van der Waals surface area contributed by atoms with E-state index in [2.05, 4.69) is 34.7 Å². The molecule has 0 aliphatic carbocycles. The molecule has 0 saturated carbocycles. The molecule has 3 rings (SSSR count). The van der Waals surface area contributed by atoms with Crippen molar-refractivity contribution in [1.29, 1.82) is 0 Å². The zero-order valence-corrected chi connectivity index (χ0v) is 23.3. The van der Waals surface area contributed by atoms with Crippen LogP contribution in [0.3, 0.4) is 0 Å². The lowest BCUT2D eigenvalue weighted by Gasteiger charge is -2.22. The predicted molar refractivity (Wildman–Crippen MR) is 147 cm³/mol. The molecule has 3 aromatic rings. The standard InChI is InChI=1S/C26H31Cl2N5O2S/c1-6-33-24(23(16(4)5)30-25(35)17-11-12-19(27)20(28)13-17)31-32-26(33)36-14-22(34)29-21-10-8-7-9-18(21)15(2)3/h7-13,15-16,23H,6,14H2,1-5H3,(H,29,34)(H,30,35)/t23-/m1/s1. The molecule has 2 N–H and O–H groups in total. The second-order valence-electron chi connectivity index (χ2n) is 8.99. The van der Waals surface area contributed by atoms with Gasteiger partial charge in [-0.25, -0.2) is 0 Å². The van der Waals surface area contributed by atoms with Gasteiger partial charge >= 0.3 is 0 Å². The van der Waals surface area contributed by atoms with E-state index >= 15 is 0 Å². The maximum Gasteiger partial charge on any atom is 0.251 e. The van der Waals surface area contributed by atoms with Crippen molar-refractivity contribution < 1.29 is 9.59 Å². The number of halogens is 2. The highest BCUT2D eigenvalue weighted by atomic mass is 35.5. The molecule has 0 unspecified atom stereocenters. The minimum Gasteiger partial charge on any atom is -0.342 e. The first-order valence-corrected chi connectivity index (χ1v) is 13.6. The number of hydrogen-bond donors (Lipinski definition) is 2. The van der Waals surface area contributed by atoms with Crippen molar-refractivity contribution in [2.24, 2.45) is 5.92 Å². The molecule has 2 aromatic carbocycles. The van der Waals surface area contributed by atoms with Crippen molar-refractivity contribution >= 4 is 52.5 Å². The Hall–Kier alpha value is -2.55. The number of benzene rings is 2. The lowest BCUT2D eigenvalue weighted by Crippen LogP contribution is -2.33. The van der Waals surface area contributed by atoms with Gasteiger partial charge in [0.2, 0.25) is 5.91 Å². The highest BCUT2D eigenvalue weighted by Crippen LogP contribution is 2.28. The molecular formula is C26H31Cl2N5O2S. The molecular weight excluding hydrogens is 517 g/mol. The largest absolute Gasteiger partial charge is 0.342 e. The highest BCUT2D eigenvalue weighted by Gasteiger charge is 2.26. The number of nitrogens with one attached hydrogen (secondary N) is 2. The molecule has 1 aromatic heterocycles. The monoisotopic (exact) mass is 547 g/mol. The topological polar surface area (TPSA) is 88.9 Å². The summed E-state index contributed by atoms with van der Waals surface area (Å²) >= 11 is 13.4. The van der Waals surface area contributed by atoms with E-state index in [9.17, 15) is 9.59 Å². The van der Waals surface area contributed by atoms with Gasteiger partial charge in [-0.15, -0.1) is 10.2 Å². The van der Waals surface area contributed by atoms with Gasteiger partial charge in [-0.05, 0) is 48.6 Å². The van der Waals surface area contributed by atoms with Crippen LogP contribution >= 0.6 is 35.0 Å². The van der Waals surface area contributed by atoms with Gasteiger partial charge in [-0.1, -0.05) is 80.9 Å². The lowest BCUT2D eigenvalue weighted by molar-refractivity contribution is -0.113. The summed E-state index contributed by atoms with van der Waals surface area (Å²) in [6.45, 7) is 10.8. The SMILES string of the molecule is CCn1c(SCC(=O)Nc2ccccc2C(C)C)nnc1[C@H](NC(=O)c1ccc(Cl)c(Cl)c1)C(C)C. The fourth-order valence-electron chi connectivity index (χ4n) is 3.76. The van der Waals surface area contributed by atoms with E-state index in [1.54, 1.807) is 18.2 Å².